The van der Waals surface area contributed by atoms with Crippen LogP contribution >= 0.6 is 0 Å². The number of pyridine rings is 1. The number of ether oxygens (including phenoxy) is 1. The molecular weight excluding hydrogens is 412 g/mol. The molecule has 2 aromatic heterocycles. The number of sulfonamides is 1. The Morgan fingerprint density at radius 3 is 2.55 bits per heavy atom. The third kappa shape index (κ3) is 4.60. The molecule has 0 spiro atoms. The highest BCUT2D eigenvalue weighted by Gasteiger charge is 2.18. The summed E-state index contributed by atoms with van der Waals surface area (Å²) in [6, 6.07) is 16.7. The van der Waals surface area contributed by atoms with Crippen molar-refractivity contribution in [2.75, 3.05) is 7.11 Å². The van der Waals surface area contributed by atoms with E-state index in [2.05, 4.69) is 14.7 Å². The van der Waals surface area contributed by atoms with E-state index in [1.807, 2.05) is 60.9 Å². The molecule has 2 aromatic carbocycles. The molecule has 0 amide bonds. The van der Waals surface area contributed by atoms with Crippen molar-refractivity contribution in [3.05, 3.63) is 83.3 Å². The van der Waals surface area contributed by atoms with Gasteiger partial charge in [0, 0.05) is 6.20 Å². The fourth-order valence-electron chi connectivity index (χ4n) is 3.59. The van der Waals surface area contributed by atoms with Crippen LogP contribution in [0.1, 0.15) is 22.5 Å². The number of hydrogen-bond donors (Lipinski definition) is 1. The first-order valence-electron chi connectivity index (χ1n) is 9.87. The quantitative estimate of drug-likeness (QED) is 0.479. The molecule has 0 aliphatic carbocycles. The average molecular weight is 437 g/mol. The first-order valence-corrected chi connectivity index (χ1v) is 11.3. The maximum Gasteiger partial charge on any atom is 0.240 e. The number of imidazole rings is 1. The van der Waals surface area contributed by atoms with Crippen LogP contribution in [0.4, 0.5) is 0 Å². The predicted octanol–water partition coefficient (Wildman–Crippen LogP) is 3.58. The molecule has 0 atom stereocenters. The largest absolute Gasteiger partial charge is 0.497 e. The lowest BCUT2D eigenvalue weighted by atomic mass is 10.2. The number of methoxy groups -OCH3 is 1. The van der Waals surface area contributed by atoms with E-state index >= 15 is 0 Å². The van der Waals surface area contributed by atoms with Gasteiger partial charge < -0.3 is 9.30 Å². The molecule has 4 aromatic rings. The summed E-state index contributed by atoms with van der Waals surface area (Å²) in [5.74, 6) is 1.34. The van der Waals surface area contributed by atoms with Gasteiger partial charge in [0.25, 0.3) is 0 Å². The highest BCUT2D eigenvalue weighted by atomic mass is 32.2. The molecule has 0 saturated carbocycles. The zero-order valence-electron chi connectivity index (χ0n) is 17.7. The van der Waals surface area contributed by atoms with Gasteiger partial charge in [0.1, 0.15) is 17.1 Å². The van der Waals surface area contributed by atoms with Crippen LogP contribution in [0.5, 0.6) is 5.75 Å². The second kappa shape index (κ2) is 8.49. The molecule has 7 nitrogen and oxygen atoms in total. The summed E-state index contributed by atoms with van der Waals surface area (Å²) in [7, 11) is -2.06. The van der Waals surface area contributed by atoms with Crippen LogP contribution in [0.2, 0.25) is 0 Å². The van der Waals surface area contributed by atoms with Crippen molar-refractivity contribution in [3.63, 3.8) is 0 Å². The predicted molar refractivity (Wildman–Crippen MR) is 120 cm³/mol. The van der Waals surface area contributed by atoms with Gasteiger partial charge in [0.2, 0.25) is 10.0 Å². The minimum atomic E-state index is -3.68. The van der Waals surface area contributed by atoms with Crippen molar-refractivity contribution in [1.29, 1.82) is 0 Å². The number of rotatable bonds is 7. The van der Waals surface area contributed by atoms with Crippen LogP contribution in [0.25, 0.3) is 11.2 Å². The van der Waals surface area contributed by atoms with E-state index < -0.39 is 10.0 Å². The molecular formula is C23H24N4O3S. The number of nitrogens with one attached hydrogen (secondary N) is 1. The Bertz CT molecular complexity index is 1330. The highest BCUT2D eigenvalue weighted by molar-refractivity contribution is 7.89. The fourth-order valence-corrected chi connectivity index (χ4v) is 4.76. The van der Waals surface area contributed by atoms with Crippen LogP contribution in [0.15, 0.2) is 65.7 Å². The van der Waals surface area contributed by atoms with Gasteiger partial charge in [-0.3, -0.25) is 0 Å². The minimum Gasteiger partial charge on any atom is -0.497 e. The van der Waals surface area contributed by atoms with Gasteiger partial charge in [0.15, 0.2) is 5.65 Å². The van der Waals surface area contributed by atoms with E-state index in [1.165, 1.54) is 0 Å². The zero-order chi connectivity index (χ0) is 22.0. The monoisotopic (exact) mass is 436 g/mol. The smallest absolute Gasteiger partial charge is 0.240 e. The third-order valence-electron chi connectivity index (χ3n) is 4.98. The Hall–Kier alpha value is -3.23. The van der Waals surface area contributed by atoms with E-state index in [1.54, 1.807) is 25.4 Å². The second-order valence-corrected chi connectivity index (χ2v) is 9.23. The summed E-state index contributed by atoms with van der Waals surface area (Å²) >= 11 is 0. The van der Waals surface area contributed by atoms with Crippen LogP contribution in [-0.4, -0.2) is 30.1 Å². The van der Waals surface area contributed by atoms with Gasteiger partial charge in [-0.1, -0.05) is 18.2 Å². The van der Waals surface area contributed by atoms with Crippen LogP contribution in [0.3, 0.4) is 0 Å². The first kappa shape index (κ1) is 21.0. The van der Waals surface area contributed by atoms with Crippen LogP contribution in [0, 0.1) is 13.8 Å². The first-order chi connectivity index (χ1) is 14.9. The fraction of sp³-hybridized carbons (Fsp3) is 0.217. The van der Waals surface area contributed by atoms with Gasteiger partial charge in [-0.25, -0.2) is 23.1 Å². The Kier molecular flexibility index (Phi) is 5.75. The summed E-state index contributed by atoms with van der Waals surface area (Å²) in [4.78, 5) is 9.33. The molecule has 0 unspecified atom stereocenters. The molecule has 0 fully saturated rings. The van der Waals surface area contributed by atoms with Crippen molar-refractivity contribution in [2.45, 2.75) is 31.8 Å². The Morgan fingerprint density at radius 1 is 1.03 bits per heavy atom. The van der Waals surface area contributed by atoms with Crippen molar-refractivity contribution in [1.82, 2.24) is 19.3 Å². The summed E-state index contributed by atoms with van der Waals surface area (Å²) in [5, 5.41) is 0. The standard InChI is InChI=1S/C23H24N4O3S/c1-16-10-17(2)12-20(11-16)31(28,29)25-14-22-26-21-8-5-9-24-23(21)27(22)15-18-6-4-7-19(13-18)30-3/h4-13,25H,14-15H2,1-3H3. The van der Waals surface area contributed by atoms with E-state index in [9.17, 15) is 8.42 Å². The maximum absolute atomic E-state index is 12.9. The Morgan fingerprint density at radius 2 is 1.81 bits per heavy atom. The normalized spacial score (nSPS) is 11.7. The van der Waals surface area contributed by atoms with E-state index in [0.717, 1.165) is 22.4 Å². The molecule has 0 aliphatic rings. The van der Waals surface area contributed by atoms with Gasteiger partial charge in [-0.05, 0) is 66.9 Å². The van der Waals surface area contributed by atoms with Crippen molar-refractivity contribution >= 4 is 21.2 Å². The summed E-state index contributed by atoms with van der Waals surface area (Å²) in [5.41, 5.74) is 4.21. The summed E-state index contributed by atoms with van der Waals surface area (Å²) in [6.45, 7) is 4.30. The number of fused-ring (bicyclic) bond motifs is 1. The van der Waals surface area contributed by atoms with E-state index in [0.29, 0.717) is 23.5 Å². The van der Waals surface area contributed by atoms with Gasteiger partial charge >= 0.3 is 0 Å². The topological polar surface area (TPSA) is 86.1 Å². The molecule has 4 rings (SSSR count). The minimum absolute atomic E-state index is 0.0512. The van der Waals surface area contributed by atoms with Gasteiger partial charge in [-0.2, -0.15) is 0 Å². The number of nitrogens with zero attached hydrogens (tertiary/aromatic N) is 3. The van der Waals surface area contributed by atoms with Gasteiger partial charge in [0.05, 0.1) is 25.1 Å². The van der Waals surface area contributed by atoms with E-state index in [-0.39, 0.29) is 11.4 Å². The molecule has 0 aliphatic heterocycles. The van der Waals surface area contributed by atoms with Crippen molar-refractivity contribution < 1.29 is 13.2 Å². The summed E-state index contributed by atoms with van der Waals surface area (Å²) < 4.78 is 35.7. The third-order valence-corrected chi connectivity index (χ3v) is 6.36. The van der Waals surface area contributed by atoms with Gasteiger partial charge in [-0.15, -0.1) is 0 Å². The van der Waals surface area contributed by atoms with Crippen molar-refractivity contribution in [3.8, 4) is 5.75 Å². The Balaban J connectivity index is 1.66. The number of benzene rings is 2. The van der Waals surface area contributed by atoms with E-state index in [4.69, 9.17) is 4.74 Å². The molecule has 0 saturated heterocycles. The average Bonchev–Trinajstić information content (AvgIpc) is 3.09. The second-order valence-electron chi connectivity index (χ2n) is 7.46. The molecule has 31 heavy (non-hydrogen) atoms. The molecule has 8 heteroatoms. The lowest BCUT2D eigenvalue weighted by Crippen LogP contribution is -2.25. The number of aromatic nitrogens is 3. The maximum atomic E-state index is 12.9. The molecule has 160 valence electrons. The Labute approximate surface area is 181 Å². The molecule has 0 radical (unpaired) electrons. The number of hydrogen-bond acceptors (Lipinski definition) is 5. The van der Waals surface area contributed by atoms with Crippen molar-refractivity contribution in [2.24, 2.45) is 0 Å². The lowest BCUT2D eigenvalue weighted by Gasteiger charge is -2.12. The van der Waals surface area contributed by atoms with Crippen LogP contribution < -0.4 is 9.46 Å². The SMILES string of the molecule is COc1cccc(Cn2c(CNS(=O)(=O)c3cc(C)cc(C)c3)nc3cccnc32)c1. The molecule has 2 heterocycles. The number of aryl methyl sites for hydroxylation is 2. The zero-order valence-corrected chi connectivity index (χ0v) is 18.5. The van der Waals surface area contributed by atoms with Crippen LogP contribution in [-0.2, 0) is 23.1 Å². The lowest BCUT2D eigenvalue weighted by molar-refractivity contribution is 0.414. The highest BCUT2D eigenvalue weighted by Crippen LogP contribution is 2.20. The summed E-state index contributed by atoms with van der Waals surface area (Å²) in [6.07, 6.45) is 1.70. The molecule has 1 N–H and O–H groups in total. The molecule has 0 bridgehead atoms.